The predicted octanol–water partition coefficient (Wildman–Crippen LogP) is 3.51. The lowest BCUT2D eigenvalue weighted by Gasteiger charge is -2.22. The van der Waals surface area contributed by atoms with Gasteiger partial charge in [0.15, 0.2) is 23.1 Å². The molecule has 0 aromatic heterocycles. The van der Waals surface area contributed by atoms with Gasteiger partial charge in [-0.05, 0) is 121 Å². The van der Waals surface area contributed by atoms with Crippen molar-refractivity contribution >= 4 is 46.8 Å². The number of para-hydroxylation sites is 4. The van der Waals surface area contributed by atoms with E-state index in [1.807, 2.05) is 0 Å². The van der Waals surface area contributed by atoms with Crippen molar-refractivity contribution in [2.75, 3.05) is 54.6 Å². The Morgan fingerprint density at radius 1 is 0.383 bits per heavy atom. The van der Waals surface area contributed by atoms with Crippen LogP contribution in [0.1, 0.15) is 141 Å². The number of ketones is 4. The number of ether oxygens (including phenoxy) is 4. The molecule has 4 rings (SSSR count). The van der Waals surface area contributed by atoms with Crippen LogP contribution in [-0.4, -0.2) is 126 Å². The molecule has 0 bridgehead atoms. The van der Waals surface area contributed by atoms with Crippen LogP contribution in [0.15, 0.2) is 72.8 Å². The maximum atomic E-state index is 14.4. The third-order valence-corrected chi connectivity index (χ3v) is 14.0. The molecule has 0 unspecified atom stereocenters. The molecule has 0 heterocycles. The number of Topliss-reactive ketones (excluding diaryl/α,β-unsaturated/α-hetero) is 4. The molecule has 4 atom stereocenters. The Morgan fingerprint density at radius 3 is 0.914 bits per heavy atom. The third-order valence-electron chi connectivity index (χ3n) is 14.0. The van der Waals surface area contributed by atoms with Crippen molar-refractivity contribution in [3.05, 3.63) is 117 Å². The number of unbranched alkanes of at least 4 members (excludes halogenated alkanes) is 4. The summed E-state index contributed by atoms with van der Waals surface area (Å²) in [6.07, 6.45) is 5.08. The van der Waals surface area contributed by atoms with E-state index >= 15 is 0 Å². The summed E-state index contributed by atoms with van der Waals surface area (Å²) in [5.74, 6) is -3.48. The number of hydrogen-bond donors (Lipinski definition) is 9. The van der Waals surface area contributed by atoms with Gasteiger partial charge in [0.05, 0.1) is 74.9 Å². The van der Waals surface area contributed by atoms with Gasteiger partial charge in [0.25, 0.3) is 23.6 Å². The van der Waals surface area contributed by atoms with Crippen molar-refractivity contribution in [1.29, 1.82) is 0 Å². The summed E-state index contributed by atoms with van der Waals surface area (Å²) < 4.78 is 22.7. The first-order valence-corrected chi connectivity index (χ1v) is 27.5. The van der Waals surface area contributed by atoms with Gasteiger partial charge in [0.1, 0.15) is 23.0 Å². The fraction of sp³-hybridized carbons (Fsp3) is 0.467. The van der Waals surface area contributed by atoms with Gasteiger partial charge in [-0.3, -0.25) is 38.4 Å². The van der Waals surface area contributed by atoms with Gasteiger partial charge < -0.3 is 69.3 Å². The van der Waals surface area contributed by atoms with Gasteiger partial charge in [-0.15, -0.1) is 0 Å². The number of nitrogens with one attached hydrogen (secondary N) is 3. The summed E-state index contributed by atoms with van der Waals surface area (Å²) >= 11 is 0. The molecule has 0 radical (unpaired) electrons. The molecule has 4 amide bonds. The molecule has 0 spiro atoms. The third kappa shape index (κ3) is 19.3. The number of carbonyl (C=O) groups excluding carboxylic acids is 8. The number of primary amides is 1. The predicted molar refractivity (Wildman–Crippen MR) is 309 cm³/mol. The SMILES string of the molecule is COc1c(CC(=O)[C@@H](CCCCN)NC(=O)c2cccc(CC(=O)[C@@H](CCCCN)NC(=O)c3cccc(CC(=O)[C@@H](CCCCN)NC(=O)c4cccc(CC(=O)[C@H](N)CCCCN)c4OC)c3OC)c2OC)cccc1C(N)=O. The first kappa shape index (κ1) is 66.0. The molecule has 440 valence electrons. The minimum atomic E-state index is -1.05. The lowest BCUT2D eigenvalue weighted by Crippen LogP contribution is -2.42. The van der Waals surface area contributed by atoms with E-state index in [-0.39, 0.29) is 108 Å². The van der Waals surface area contributed by atoms with Crippen LogP contribution in [-0.2, 0) is 44.9 Å². The van der Waals surface area contributed by atoms with Crippen LogP contribution in [0.3, 0.4) is 0 Å². The highest BCUT2D eigenvalue weighted by Crippen LogP contribution is 2.30. The Balaban J connectivity index is 1.57. The van der Waals surface area contributed by atoms with E-state index < -0.39 is 53.6 Å². The van der Waals surface area contributed by atoms with Crippen molar-refractivity contribution in [3.8, 4) is 23.0 Å². The Bertz CT molecular complexity index is 2790. The fourth-order valence-electron chi connectivity index (χ4n) is 9.64. The zero-order valence-corrected chi connectivity index (χ0v) is 47.2. The van der Waals surface area contributed by atoms with Crippen LogP contribution in [0, 0.1) is 0 Å². The Kier molecular flexibility index (Phi) is 28.1. The maximum absolute atomic E-state index is 14.4. The summed E-state index contributed by atoms with van der Waals surface area (Å²) in [4.78, 5) is 110. The highest BCUT2D eigenvalue weighted by molar-refractivity contribution is 6.04. The van der Waals surface area contributed by atoms with E-state index in [9.17, 15) is 38.4 Å². The largest absolute Gasteiger partial charge is 0.496 e. The summed E-state index contributed by atoms with van der Waals surface area (Å²) in [6.45, 7) is 1.57. The molecule has 21 heteroatoms. The van der Waals surface area contributed by atoms with Crippen LogP contribution in [0.5, 0.6) is 23.0 Å². The van der Waals surface area contributed by atoms with E-state index in [0.29, 0.717) is 99.8 Å². The molecule has 0 saturated heterocycles. The lowest BCUT2D eigenvalue weighted by atomic mass is 9.95. The van der Waals surface area contributed by atoms with Crippen LogP contribution >= 0.6 is 0 Å². The van der Waals surface area contributed by atoms with Crippen LogP contribution < -0.4 is 69.3 Å². The zero-order valence-electron chi connectivity index (χ0n) is 47.2. The molecular formula is C60H83N9O12. The van der Waals surface area contributed by atoms with Gasteiger partial charge in [0, 0.05) is 47.9 Å². The molecule has 81 heavy (non-hydrogen) atoms. The Labute approximate surface area is 474 Å². The topological polar surface area (TPSA) is 366 Å². The minimum Gasteiger partial charge on any atom is -0.496 e. The normalized spacial score (nSPS) is 12.5. The molecule has 0 aliphatic heterocycles. The number of carbonyl (C=O) groups is 8. The van der Waals surface area contributed by atoms with Gasteiger partial charge in [-0.2, -0.15) is 0 Å². The van der Waals surface area contributed by atoms with Crippen LogP contribution in [0.2, 0.25) is 0 Å². The summed E-state index contributed by atoms with van der Waals surface area (Å²) in [5, 5.41) is 8.61. The average Bonchev–Trinajstić information content (AvgIpc) is 3.50. The monoisotopic (exact) mass is 1120 g/mol. The van der Waals surface area contributed by atoms with Crippen molar-refractivity contribution in [3.63, 3.8) is 0 Å². The van der Waals surface area contributed by atoms with Crippen molar-refractivity contribution in [2.45, 2.75) is 127 Å². The summed E-state index contributed by atoms with van der Waals surface area (Å²) in [5.41, 5.74) is 36.7. The smallest absolute Gasteiger partial charge is 0.255 e. The number of methoxy groups -OCH3 is 4. The van der Waals surface area contributed by atoms with Gasteiger partial charge >= 0.3 is 0 Å². The molecule has 0 saturated carbocycles. The first-order chi connectivity index (χ1) is 39.0. The van der Waals surface area contributed by atoms with E-state index in [1.165, 1.54) is 46.6 Å². The van der Waals surface area contributed by atoms with Crippen molar-refractivity contribution in [1.82, 2.24) is 16.0 Å². The van der Waals surface area contributed by atoms with Gasteiger partial charge in [-0.25, -0.2) is 0 Å². The van der Waals surface area contributed by atoms with E-state index in [2.05, 4.69) is 16.0 Å². The first-order valence-electron chi connectivity index (χ1n) is 27.5. The molecule has 4 aromatic rings. The lowest BCUT2D eigenvalue weighted by molar-refractivity contribution is -0.121. The second kappa shape index (κ2) is 34.6. The summed E-state index contributed by atoms with van der Waals surface area (Å²) in [6, 6.07) is 15.3. The average molecular weight is 1120 g/mol. The Hall–Kier alpha value is -7.56. The number of rotatable bonds is 39. The standard InChI is InChI=1S/C60H83N9O12/c1-78-53-38(17-13-21-41(53)57(66)74)34-50(71)46(26-6-10-30-62)67-59(76)43-23-15-19-40(55(43)80-3)36-52(73)48(28-8-12-32-64)69-60(77)44-24-16-20-39(56(44)81-4)35-51(72)47(27-7-11-31-63)68-58(75)42-22-14-18-37(54(42)79-2)33-49(70)45(65)25-5-9-29-61/h13-24,45-48H,5-12,25-36,61-65H2,1-4H3,(H2,66,74)(H,67,76)(H,68,75)(H,69,77)/t45-,46-,47-,48-/m1/s1. The molecule has 0 fully saturated rings. The van der Waals surface area contributed by atoms with Gasteiger partial charge in [-0.1, -0.05) is 55.0 Å². The second-order valence-corrected chi connectivity index (χ2v) is 19.8. The summed E-state index contributed by atoms with van der Waals surface area (Å²) in [7, 11) is 5.47. The molecule has 21 nitrogen and oxygen atoms in total. The number of benzene rings is 4. The van der Waals surface area contributed by atoms with Crippen LogP contribution in [0.25, 0.3) is 0 Å². The van der Waals surface area contributed by atoms with E-state index in [4.69, 9.17) is 53.3 Å². The van der Waals surface area contributed by atoms with Gasteiger partial charge in [0.2, 0.25) is 0 Å². The number of amides is 4. The quantitative estimate of drug-likeness (QED) is 0.0289. The second-order valence-electron chi connectivity index (χ2n) is 19.8. The molecule has 0 aliphatic rings. The fourth-order valence-corrected chi connectivity index (χ4v) is 9.64. The van der Waals surface area contributed by atoms with E-state index in [0.717, 1.165) is 6.42 Å². The molecule has 0 aliphatic carbocycles. The highest BCUT2D eigenvalue weighted by Gasteiger charge is 2.31. The molecular weight excluding hydrogens is 1040 g/mol. The van der Waals surface area contributed by atoms with Crippen molar-refractivity contribution < 1.29 is 57.3 Å². The Morgan fingerprint density at radius 2 is 0.642 bits per heavy atom. The number of nitrogens with two attached hydrogens (primary N) is 6. The highest BCUT2D eigenvalue weighted by atomic mass is 16.5. The molecule has 15 N–H and O–H groups in total. The van der Waals surface area contributed by atoms with E-state index in [1.54, 1.807) is 54.6 Å². The number of hydrogen-bond acceptors (Lipinski definition) is 17. The zero-order chi connectivity index (χ0) is 59.4. The van der Waals surface area contributed by atoms with Crippen molar-refractivity contribution in [2.24, 2.45) is 34.4 Å². The maximum Gasteiger partial charge on any atom is 0.255 e. The molecule has 4 aromatic carbocycles. The minimum absolute atomic E-state index is 0.0455. The van der Waals surface area contributed by atoms with Crippen LogP contribution in [0.4, 0.5) is 0 Å².